The topological polar surface area (TPSA) is 35.5 Å². The first kappa shape index (κ1) is 47.7. The fourth-order valence-electron chi connectivity index (χ4n) is 10.8. The minimum absolute atomic E-state index is 0.130. The molecule has 1 aliphatic rings. The molecule has 0 saturated carbocycles. The van der Waals surface area contributed by atoms with Gasteiger partial charge in [-0.2, -0.15) is 0 Å². The molecule has 1 fully saturated rings. The van der Waals surface area contributed by atoms with Crippen LogP contribution in [0, 0.1) is 13.8 Å². The van der Waals surface area contributed by atoms with Crippen molar-refractivity contribution in [3.05, 3.63) is 184 Å². The molecule has 0 aliphatic carbocycles. The van der Waals surface area contributed by atoms with Crippen molar-refractivity contribution in [2.75, 3.05) is 14.2 Å². The molecule has 1 aliphatic heterocycles. The van der Waals surface area contributed by atoms with E-state index in [0.29, 0.717) is 12.8 Å². The van der Waals surface area contributed by atoms with Gasteiger partial charge in [-0.1, -0.05) is 191 Å². The SMILES string of the molecule is COc1ccccc1C1CC(=O)CC(c2ccccc2OC)P1c1c(-c2c(C(C)C)cc(-c3ccccc3C)cc2C(C)C)cccc1-c1c(C(C)C)cc(-c2ccccc2C)cc1C(C)C. The van der Waals surface area contributed by atoms with Crippen molar-refractivity contribution < 1.29 is 14.3 Å². The maximum atomic E-state index is 14.6. The molecule has 0 radical (unpaired) electrons. The molecule has 8 rings (SSSR count). The Morgan fingerprint density at radius 3 is 1.12 bits per heavy atom. The summed E-state index contributed by atoms with van der Waals surface area (Å²) in [4.78, 5) is 14.6. The zero-order chi connectivity index (χ0) is 47.7. The van der Waals surface area contributed by atoms with Gasteiger partial charge in [-0.05, 0) is 133 Å². The van der Waals surface area contributed by atoms with Crippen molar-refractivity contribution in [2.45, 2.75) is 117 Å². The van der Waals surface area contributed by atoms with E-state index >= 15 is 0 Å². The van der Waals surface area contributed by atoms with Gasteiger partial charge in [-0.15, -0.1) is 0 Å². The number of carbonyl (C=O) groups is 1. The van der Waals surface area contributed by atoms with Crippen molar-refractivity contribution in [1.29, 1.82) is 0 Å². The second-order valence-electron chi connectivity index (χ2n) is 19.9. The van der Waals surface area contributed by atoms with Crippen LogP contribution in [0.4, 0.5) is 0 Å². The molecule has 1 saturated heterocycles. The van der Waals surface area contributed by atoms with E-state index in [9.17, 15) is 4.79 Å². The fourth-order valence-corrected chi connectivity index (χ4v) is 14.6. The van der Waals surface area contributed by atoms with Gasteiger partial charge in [0.2, 0.25) is 0 Å². The van der Waals surface area contributed by atoms with Crippen LogP contribution in [0.15, 0.2) is 140 Å². The molecule has 7 aromatic rings. The predicted molar refractivity (Wildman–Crippen MR) is 286 cm³/mol. The Hall–Kier alpha value is -5.76. The van der Waals surface area contributed by atoms with E-state index in [1.165, 1.54) is 83.2 Å². The molecule has 3 nitrogen and oxygen atoms in total. The highest BCUT2D eigenvalue weighted by Gasteiger charge is 2.44. The first-order valence-corrected chi connectivity index (χ1v) is 25.9. The van der Waals surface area contributed by atoms with Gasteiger partial charge in [0.1, 0.15) is 17.3 Å². The standard InChI is InChI=1S/C63H69O3P/c1-38(2)53-32-44(47-24-15-13-22-42(47)9)33-54(39(3)4)61(53)51-28-21-29-52(62-55(40(5)6)34-45(35-56(62)41(7)8)48-25-16-14-23-43(48)10)63(51)67-59(49-26-17-19-30-57(49)65-11)36-46(64)37-60(67)50-27-18-20-31-58(50)66-12/h13-35,38-41,59-60H,36-37H2,1-12H3. The zero-order valence-corrected chi connectivity index (χ0v) is 42.7. The van der Waals surface area contributed by atoms with E-state index in [0.717, 1.165) is 22.6 Å². The number of ether oxygens (including phenoxy) is 2. The average molecular weight is 905 g/mol. The molecule has 1 heterocycles. The smallest absolute Gasteiger partial charge is 0.134 e. The summed E-state index contributed by atoms with van der Waals surface area (Å²) in [5, 5.41) is 1.36. The van der Waals surface area contributed by atoms with Crippen molar-refractivity contribution in [3.8, 4) is 56.0 Å². The van der Waals surface area contributed by atoms with Crippen molar-refractivity contribution >= 4 is 19.0 Å². The highest BCUT2D eigenvalue weighted by Crippen LogP contribution is 2.70. The highest BCUT2D eigenvalue weighted by molar-refractivity contribution is 7.67. The number of rotatable bonds is 13. The van der Waals surface area contributed by atoms with Gasteiger partial charge in [-0.3, -0.25) is 4.79 Å². The number of hydrogen-bond donors (Lipinski definition) is 0. The maximum Gasteiger partial charge on any atom is 0.134 e. The number of methoxy groups -OCH3 is 2. The van der Waals surface area contributed by atoms with Gasteiger partial charge in [-0.25, -0.2) is 0 Å². The third-order valence-electron chi connectivity index (χ3n) is 14.1. The lowest BCUT2D eigenvalue weighted by Gasteiger charge is -2.42. The Kier molecular flexibility index (Phi) is 14.4. The van der Waals surface area contributed by atoms with E-state index in [4.69, 9.17) is 9.47 Å². The largest absolute Gasteiger partial charge is 0.496 e. The number of benzene rings is 7. The summed E-state index contributed by atoms with van der Waals surface area (Å²) in [5.41, 5.74) is 20.1. The van der Waals surface area contributed by atoms with Gasteiger partial charge in [0.15, 0.2) is 0 Å². The van der Waals surface area contributed by atoms with E-state index in [-0.39, 0.29) is 40.8 Å². The molecule has 7 aromatic carbocycles. The molecule has 0 bridgehead atoms. The van der Waals surface area contributed by atoms with Crippen LogP contribution in [0.25, 0.3) is 44.5 Å². The molecular formula is C63H69O3P. The summed E-state index contributed by atoms with van der Waals surface area (Å²) in [6.45, 7) is 23.3. The lowest BCUT2D eigenvalue weighted by molar-refractivity contribution is -0.119. The molecule has 0 aromatic heterocycles. The van der Waals surface area contributed by atoms with Crippen LogP contribution in [0.5, 0.6) is 11.5 Å². The number of hydrogen-bond acceptors (Lipinski definition) is 3. The molecule has 344 valence electrons. The van der Waals surface area contributed by atoms with Crippen LogP contribution >= 0.6 is 7.92 Å². The molecule has 4 heteroatoms. The first-order valence-electron chi connectivity index (χ1n) is 24.4. The minimum atomic E-state index is -1.23. The van der Waals surface area contributed by atoms with Gasteiger partial charge in [0, 0.05) is 35.3 Å². The molecule has 0 spiro atoms. The van der Waals surface area contributed by atoms with Crippen LogP contribution in [0.1, 0.15) is 148 Å². The van der Waals surface area contributed by atoms with Crippen LogP contribution in [-0.2, 0) is 4.79 Å². The Bertz CT molecular complexity index is 2670. The van der Waals surface area contributed by atoms with E-state index < -0.39 is 7.92 Å². The first-order chi connectivity index (χ1) is 32.2. The fraction of sp³-hybridized carbons (Fsp3) is 0.317. The van der Waals surface area contributed by atoms with Crippen LogP contribution in [0.2, 0.25) is 0 Å². The Labute approximate surface area is 402 Å². The number of aryl methyl sites for hydroxylation is 2. The zero-order valence-electron chi connectivity index (χ0n) is 41.8. The van der Waals surface area contributed by atoms with Crippen LogP contribution in [0.3, 0.4) is 0 Å². The third-order valence-corrected chi connectivity index (χ3v) is 17.4. The minimum Gasteiger partial charge on any atom is -0.496 e. The van der Waals surface area contributed by atoms with E-state index in [2.05, 4.69) is 197 Å². The average Bonchev–Trinajstić information content (AvgIpc) is 3.32. The Balaban J connectivity index is 1.58. The third kappa shape index (κ3) is 9.30. The quantitative estimate of drug-likeness (QED) is 0.108. The molecule has 0 N–H and O–H groups in total. The summed E-state index contributed by atoms with van der Waals surface area (Å²) >= 11 is 0. The maximum absolute atomic E-state index is 14.6. The molecule has 0 amide bonds. The van der Waals surface area contributed by atoms with Crippen molar-refractivity contribution in [3.63, 3.8) is 0 Å². The number of para-hydroxylation sites is 2. The van der Waals surface area contributed by atoms with Crippen molar-refractivity contribution in [2.24, 2.45) is 0 Å². The summed E-state index contributed by atoms with van der Waals surface area (Å²) in [6, 6.07) is 51.6. The van der Waals surface area contributed by atoms with Crippen molar-refractivity contribution in [1.82, 2.24) is 0 Å². The Morgan fingerprint density at radius 1 is 0.448 bits per heavy atom. The normalized spacial score (nSPS) is 16.4. The summed E-state index contributed by atoms with van der Waals surface area (Å²) in [6.07, 6.45) is 0.873. The van der Waals surface area contributed by atoms with Gasteiger partial charge in [0.05, 0.1) is 14.2 Å². The predicted octanol–water partition coefficient (Wildman–Crippen LogP) is 17.4. The van der Waals surface area contributed by atoms with Gasteiger partial charge in [0.25, 0.3) is 0 Å². The van der Waals surface area contributed by atoms with Crippen LogP contribution in [-0.4, -0.2) is 20.0 Å². The summed E-state index contributed by atoms with van der Waals surface area (Å²) in [5.74, 6) is 2.85. The highest BCUT2D eigenvalue weighted by atomic mass is 31.1. The lowest BCUT2D eigenvalue weighted by atomic mass is 9.79. The van der Waals surface area contributed by atoms with Crippen LogP contribution < -0.4 is 14.8 Å². The molecular weight excluding hydrogens is 836 g/mol. The second kappa shape index (κ2) is 20.2. The molecule has 2 unspecified atom stereocenters. The Morgan fingerprint density at radius 2 is 0.776 bits per heavy atom. The van der Waals surface area contributed by atoms with E-state index in [1.54, 1.807) is 14.2 Å². The lowest BCUT2D eigenvalue weighted by Crippen LogP contribution is -2.27. The number of carbonyl (C=O) groups excluding carboxylic acids is 1. The van der Waals surface area contributed by atoms with E-state index in [1.807, 2.05) is 12.1 Å². The molecule has 2 atom stereocenters. The molecule has 67 heavy (non-hydrogen) atoms. The monoisotopic (exact) mass is 904 g/mol. The number of ketones is 1. The second-order valence-corrected chi connectivity index (χ2v) is 22.4. The van der Waals surface area contributed by atoms with Gasteiger partial charge < -0.3 is 9.47 Å². The summed E-state index contributed by atoms with van der Waals surface area (Å²) < 4.78 is 12.5. The van der Waals surface area contributed by atoms with Gasteiger partial charge >= 0.3 is 0 Å². The summed E-state index contributed by atoms with van der Waals surface area (Å²) in [7, 11) is 2.31. The number of Topliss-reactive ketones (excluding diaryl/α,β-unsaturated/α-hetero) is 1.